The number of anilines is 2. The van der Waals surface area contributed by atoms with Gasteiger partial charge in [-0.05, 0) is 67.6 Å². The molecule has 0 unspecified atom stereocenters. The number of hydrogen-bond acceptors (Lipinski definition) is 6. The Morgan fingerprint density at radius 1 is 1.00 bits per heavy atom. The highest BCUT2D eigenvalue weighted by Gasteiger charge is 2.19. The SMILES string of the molecule is COc1ccccc1NS(=O)(=O)c1ccc(O)c(NC(=O)c2ccc(-n3nccc3C)cc2)c1. The Bertz CT molecular complexity index is 1450. The maximum atomic E-state index is 12.9. The first-order chi connectivity index (χ1) is 16.3. The molecular formula is C24H22N4O5S. The topological polar surface area (TPSA) is 123 Å². The lowest BCUT2D eigenvalue weighted by atomic mass is 10.2. The first-order valence-corrected chi connectivity index (χ1v) is 11.7. The van der Waals surface area contributed by atoms with Crippen LogP contribution in [-0.2, 0) is 10.0 Å². The smallest absolute Gasteiger partial charge is 0.262 e. The fourth-order valence-electron chi connectivity index (χ4n) is 3.30. The van der Waals surface area contributed by atoms with Gasteiger partial charge in [-0.25, -0.2) is 13.1 Å². The van der Waals surface area contributed by atoms with Gasteiger partial charge in [-0.15, -0.1) is 0 Å². The maximum absolute atomic E-state index is 12.9. The molecule has 0 bridgehead atoms. The van der Waals surface area contributed by atoms with Crippen molar-refractivity contribution in [2.24, 2.45) is 0 Å². The van der Waals surface area contributed by atoms with Gasteiger partial charge in [0.25, 0.3) is 15.9 Å². The Balaban J connectivity index is 1.55. The second-order valence-corrected chi connectivity index (χ2v) is 9.05. The molecule has 3 aromatic carbocycles. The minimum absolute atomic E-state index is 0.0418. The van der Waals surface area contributed by atoms with Crippen molar-refractivity contribution >= 4 is 27.3 Å². The zero-order valence-corrected chi connectivity index (χ0v) is 19.2. The van der Waals surface area contributed by atoms with Crippen LogP contribution in [0.25, 0.3) is 5.69 Å². The average molecular weight is 479 g/mol. The predicted molar refractivity (Wildman–Crippen MR) is 128 cm³/mol. The van der Waals surface area contributed by atoms with E-state index in [1.807, 2.05) is 13.0 Å². The average Bonchev–Trinajstić information content (AvgIpc) is 3.26. The molecule has 3 N–H and O–H groups in total. The molecule has 1 amide bonds. The monoisotopic (exact) mass is 478 g/mol. The number of aryl methyl sites for hydroxylation is 1. The number of rotatable bonds is 7. The van der Waals surface area contributed by atoms with Crippen LogP contribution in [-0.4, -0.2) is 36.3 Å². The highest BCUT2D eigenvalue weighted by molar-refractivity contribution is 7.92. The van der Waals surface area contributed by atoms with E-state index >= 15 is 0 Å². The molecule has 0 saturated carbocycles. The lowest BCUT2D eigenvalue weighted by Gasteiger charge is -2.13. The lowest BCUT2D eigenvalue weighted by Crippen LogP contribution is -2.15. The number of sulfonamides is 1. The standard InChI is InChI=1S/C24H22N4O5S/c1-16-13-14-25-28(16)18-9-7-17(8-10-18)24(30)26-21-15-19(11-12-22(21)29)34(31,32)27-20-5-3-4-6-23(20)33-2/h3-15,27,29H,1-2H3,(H,26,30). The normalized spacial score (nSPS) is 11.1. The summed E-state index contributed by atoms with van der Waals surface area (Å²) in [4.78, 5) is 12.6. The van der Waals surface area contributed by atoms with E-state index < -0.39 is 15.9 Å². The quantitative estimate of drug-likeness (QED) is 0.346. The molecule has 34 heavy (non-hydrogen) atoms. The van der Waals surface area contributed by atoms with Crippen LogP contribution in [0.3, 0.4) is 0 Å². The number of carbonyl (C=O) groups excluding carboxylic acids is 1. The number of para-hydroxylation sites is 2. The van der Waals surface area contributed by atoms with E-state index in [2.05, 4.69) is 15.1 Å². The minimum Gasteiger partial charge on any atom is -0.506 e. The molecule has 4 rings (SSSR count). The van der Waals surface area contributed by atoms with Crippen LogP contribution in [0.4, 0.5) is 11.4 Å². The lowest BCUT2D eigenvalue weighted by molar-refractivity contribution is 0.102. The highest BCUT2D eigenvalue weighted by atomic mass is 32.2. The second-order valence-electron chi connectivity index (χ2n) is 7.37. The summed E-state index contributed by atoms with van der Waals surface area (Å²) in [6.07, 6.45) is 1.68. The largest absolute Gasteiger partial charge is 0.506 e. The molecule has 0 fully saturated rings. The first-order valence-electron chi connectivity index (χ1n) is 10.2. The van der Waals surface area contributed by atoms with Gasteiger partial charge in [-0.2, -0.15) is 5.10 Å². The number of nitrogens with zero attached hydrogens (tertiary/aromatic N) is 2. The molecule has 0 spiro atoms. The summed E-state index contributed by atoms with van der Waals surface area (Å²) in [5.41, 5.74) is 2.28. The molecule has 0 radical (unpaired) electrons. The number of nitrogens with one attached hydrogen (secondary N) is 2. The van der Waals surface area contributed by atoms with Crippen LogP contribution in [0.2, 0.25) is 0 Å². The van der Waals surface area contributed by atoms with Gasteiger partial charge >= 0.3 is 0 Å². The number of benzene rings is 3. The number of carbonyl (C=O) groups is 1. The van der Waals surface area contributed by atoms with Crippen LogP contribution in [0.5, 0.6) is 11.5 Å². The molecule has 0 saturated heterocycles. The third-order valence-corrected chi connectivity index (χ3v) is 6.45. The molecule has 0 atom stereocenters. The number of aromatic hydroxyl groups is 1. The fourth-order valence-corrected chi connectivity index (χ4v) is 4.40. The third kappa shape index (κ3) is 4.71. The van der Waals surface area contributed by atoms with Crippen molar-refractivity contribution in [2.45, 2.75) is 11.8 Å². The summed E-state index contributed by atoms with van der Waals surface area (Å²) < 4.78 is 35.2. The fraction of sp³-hybridized carbons (Fsp3) is 0.0833. The summed E-state index contributed by atoms with van der Waals surface area (Å²) in [6, 6.07) is 18.8. The van der Waals surface area contributed by atoms with E-state index in [0.29, 0.717) is 11.3 Å². The van der Waals surface area contributed by atoms with Gasteiger partial charge in [0.15, 0.2) is 0 Å². The van der Waals surface area contributed by atoms with Crippen molar-refractivity contribution < 1.29 is 23.1 Å². The van der Waals surface area contributed by atoms with E-state index in [9.17, 15) is 18.3 Å². The van der Waals surface area contributed by atoms with Crippen LogP contribution >= 0.6 is 0 Å². The van der Waals surface area contributed by atoms with Crippen LogP contribution in [0.15, 0.2) is 83.9 Å². The van der Waals surface area contributed by atoms with Crippen molar-refractivity contribution in [3.05, 3.63) is 90.3 Å². The summed E-state index contributed by atoms with van der Waals surface area (Å²) >= 11 is 0. The third-order valence-electron chi connectivity index (χ3n) is 5.08. The summed E-state index contributed by atoms with van der Waals surface area (Å²) in [6.45, 7) is 1.92. The molecule has 4 aromatic rings. The van der Waals surface area contributed by atoms with Gasteiger partial charge in [0.05, 0.1) is 29.1 Å². The molecule has 1 aromatic heterocycles. The van der Waals surface area contributed by atoms with Gasteiger partial charge < -0.3 is 15.2 Å². The van der Waals surface area contributed by atoms with Crippen LogP contribution < -0.4 is 14.8 Å². The van der Waals surface area contributed by atoms with Gasteiger partial charge in [-0.3, -0.25) is 9.52 Å². The molecule has 1 heterocycles. The summed E-state index contributed by atoms with van der Waals surface area (Å²) in [5, 5.41) is 17.0. The number of ether oxygens (including phenoxy) is 1. The molecule has 0 aliphatic heterocycles. The van der Waals surface area contributed by atoms with Crippen molar-refractivity contribution in [3.63, 3.8) is 0 Å². The van der Waals surface area contributed by atoms with Crippen molar-refractivity contribution in [3.8, 4) is 17.2 Å². The summed E-state index contributed by atoms with van der Waals surface area (Å²) in [7, 11) is -2.59. The highest BCUT2D eigenvalue weighted by Crippen LogP contribution is 2.30. The van der Waals surface area contributed by atoms with E-state index in [1.54, 1.807) is 59.4 Å². The van der Waals surface area contributed by atoms with Crippen molar-refractivity contribution in [1.82, 2.24) is 9.78 Å². The first kappa shape index (κ1) is 22.9. The molecule has 0 aliphatic rings. The molecule has 9 nitrogen and oxygen atoms in total. The zero-order chi connectivity index (χ0) is 24.3. The van der Waals surface area contributed by atoms with Crippen LogP contribution in [0.1, 0.15) is 16.1 Å². The second kappa shape index (κ2) is 9.28. The molecule has 174 valence electrons. The maximum Gasteiger partial charge on any atom is 0.262 e. The van der Waals surface area contributed by atoms with Gasteiger partial charge in [0.1, 0.15) is 11.5 Å². The Morgan fingerprint density at radius 3 is 2.41 bits per heavy atom. The summed E-state index contributed by atoms with van der Waals surface area (Å²) in [5.74, 6) is -0.424. The number of phenols is 1. The number of methoxy groups -OCH3 is 1. The van der Waals surface area contributed by atoms with Gasteiger partial charge in [-0.1, -0.05) is 12.1 Å². The minimum atomic E-state index is -4.02. The van der Waals surface area contributed by atoms with E-state index in [4.69, 9.17) is 4.74 Å². The number of phenolic OH excluding ortho intramolecular Hbond substituents is 1. The number of amides is 1. The van der Waals surface area contributed by atoms with E-state index in [-0.39, 0.29) is 22.0 Å². The van der Waals surface area contributed by atoms with Crippen LogP contribution in [0, 0.1) is 6.92 Å². The van der Waals surface area contributed by atoms with Gasteiger partial charge in [0, 0.05) is 17.5 Å². The Morgan fingerprint density at radius 2 is 1.74 bits per heavy atom. The van der Waals surface area contributed by atoms with Crippen molar-refractivity contribution in [1.29, 1.82) is 0 Å². The molecule has 0 aliphatic carbocycles. The zero-order valence-electron chi connectivity index (χ0n) is 18.4. The number of hydrogen-bond donors (Lipinski definition) is 3. The number of aromatic nitrogens is 2. The Labute approximate surface area is 196 Å². The Hall–Kier alpha value is -4.31. The van der Waals surface area contributed by atoms with E-state index in [1.165, 1.54) is 25.3 Å². The molecule has 10 heteroatoms. The Kier molecular flexibility index (Phi) is 6.24. The molecular weight excluding hydrogens is 456 g/mol. The van der Waals surface area contributed by atoms with E-state index in [0.717, 1.165) is 11.4 Å². The predicted octanol–water partition coefficient (Wildman–Crippen LogP) is 3.95. The van der Waals surface area contributed by atoms with Crippen molar-refractivity contribution in [2.75, 3.05) is 17.1 Å². The van der Waals surface area contributed by atoms with Gasteiger partial charge in [0.2, 0.25) is 0 Å².